The Balaban J connectivity index is 1.83. The number of aromatic nitrogens is 1. The van der Waals surface area contributed by atoms with Crippen LogP contribution in [-0.2, 0) is 14.3 Å². The summed E-state index contributed by atoms with van der Waals surface area (Å²) in [6, 6.07) is 15.1. The van der Waals surface area contributed by atoms with Gasteiger partial charge in [0.1, 0.15) is 0 Å². The van der Waals surface area contributed by atoms with Crippen molar-refractivity contribution in [3.8, 4) is 5.69 Å². The molecule has 0 bridgehead atoms. The molecular formula is C29H28Cl2N2O3. The summed E-state index contributed by atoms with van der Waals surface area (Å²) in [5.41, 5.74) is 6.33. The number of benzene rings is 2. The van der Waals surface area contributed by atoms with E-state index in [9.17, 15) is 9.59 Å². The maximum absolute atomic E-state index is 13.7. The first kappa shape index (κ1) is 25.8. The number of hydrogen-bond acceptors (Lipinski definition) is 3. The molecule has 1 aliphatic rings. The van der Waals surface area contributed by atoms with Crippen LogP contribution >= 0.6 is 23.2 Å². The van der Waals surface area contributed by atoms with Crippen LogP contribution in [0.2, 0.25) is 10.0 Å². The van der Waals surface area contributed by atoms with Crippen molar-refractivity contribution in [1.29, 1.82) is 0 Å². The fourth-order valence-electron chi connectivity index (χ4n) is 4.62. The highest BCUT2D eigenvalue weighted by molar-refractivity contribution is 6.35. The predicted molar refractivity (Wildman–Crippen MR) is 146 cm³/mol. The first-order chi connectivity index (χ1) is 17.0. The van der Waals surface area contributed by atoms with Crippen molar-refractivity contribution in [3.05, 3.63) is 97.9 Å². The van der Waals surface area contributed by atoms with E-state index in [1.807, 2.05) is 54.8 Å². The summed E-state index contributed by atoms with van der Waals surface area (Å²) < 4.78 is 7.06. The fourth-order valence-corrected chi connectivity index (χ4v) is 5.11. The Bertz CT molecular complexity index is 1430. The molecule has 0 aliphatic carbocycles. The zero-order valence-corrected chi connectivity index (χ0v) is 22.7. The molecule has 1 aromatic heterocycles. The van der Waals surface area contributed by atoms with Gasteiger partial charge in [0.2, 0.25) is 0 Å². The van der Waals surface area contributed by atoms with Crippen molar-refractivity contribution in [2.45, 2.75) is 40.5 Å². The molecule has 0 spiro atoms. The van der Waals surface area contributed by atoms with Gasteiger partial charge < -0.3 is 9.30 Å². The van der Waals surface area contributed by atoms with E-state index in [4.69, 9.17) is 27.9 Å². The topological polar surface area (TPSA) is 51.5 Å². The molecular weight excluding hydrogens is 495 g/mol. The van der Waals surface area contributed by atoms with Crippen molar-refractivity contribution >= 4 is 46.8 Å². The molecule has 1 aliphatic heterocycles. The van der Waals surface area contributed by atoms with Gasteiger partial charge in [-0.15, -0.1) is 0 Å². The molecule has 3 aromatic rings. The van der Waals surface area contributed by atoms with E-state index in [1.165, 1.54) is 12.7 Å². The zero-order valence-electron chi connectivity index (χ0n) is 21.1. The van der Waals surface area contributed by atoms with Crippen molar-refractivity contribution < 1.29 is 14.3 Å². The van der Waals surface area contributed by atoms with Crippen LogP contribution in [-0.4, -0.2) is 23.6 Å². The average Bonchev–Trinajstić information content (AvgIpc) is 3.25. The maximum Gasteiger partial charge on any atom is 0.340 e. The molecule has 0 atom stereocenters. The third kappa shape index (κ3) is 4.49. The Morgan fingerprint density at radius 3 is 2.25 bits per heavy atom. The van der Waals surface area contributed by atoms with Crippen LogP contribution in [0, 0.1) is 13.8 Å². The van der Waals surface area contributed by atoms with E-state index in [0.29, 0.717) is 27.3 Å². The minimum Gasteiger partial charge on any atom is -0.465 e. The van der Waals surface area contributed by atoms with Gasteiger partial charge in [0.15, 0.2) is 0 Å². The number of aryl methyl sites for hydroxylation is 1. The van der Waals surface area contributed by atoms with Crippen molar-refractivity contribution in [2.75, 3.05) is 12.0 Å². The van der Waals surface area contributed by atoms with Gasteiger partial charge in [-0.25, -0.2) is 4.79 Å². The number of amides is 1. The molecule has 0 N–H and O–H groups in total. The fraction of sp³-hybridized carbons (Fsp3) is 0.241. The number of esters is 1. The van der Waals surface area contributed by atoms with Crippen LogP contribution in [0.3, 0.4) is 0 Å². The molecule has 0 saturated carbocycles. The third-order valence-electron chi connectivity index (χ3n) is 6.53. The first-order valence-corrected chi connectivity index (χ1v) is 12.4. The monoisotopic (exact) mass is 522 g/mol. The number of hydrogen-bond donors (Lipinski definition) is 0. The summed E-state index contributed by atoms with van der Waals surface area (Å²) in [7, 11) is 1.32. The predicted octanol–water partition coefficient (Wildman–Crippen LogP) is 7.40. The molecule has 186 valence electrons. The molecule has 1 amide bonds. The van der Waals surface area contributed by atoms with Crippen LogP contribution in [0.4, 0.5) is 5.69 Å². The Morgan fingerprint density at radius 1 is 1.00 bits per heavy atom. The van der Waals surface area contributed by atoms with Crippen molar-refractivity contribution in [1.82, 2.24) is 4.57 Å². The maximum atomic E-state index is 13.7. The van der Waals surface area contributed by atoms with E-state index in [1.54, 1.807) is 30.0 Å². The molecule has 2 aromatic carbocycles. The van der Waals surface area contributed by atoms with Crippen LogP contribution < -0.4 is 4.90 Å². The van der Waals surface area contributed by atoms with Gasteiger partial charge >= 0.3 is 5.97 Å². The van der Waals surface area contributed by atoms with Crippen LogP contribution in [0.5, 0.6) is 0 Å². The number of halogens is 2. The molecule has 5 nitrogen and oxygen atoms in total. The van der Waals surface area contributed by atoms with Gasteiger partial charge in [-0.1, -0.05) is 49.2 Å². The lowest BCUT2D eigenvalue weighted by Crippen LogP contribution is -2.24. The lowest BCUT2D eigenvalue weighted by Gasteiger charge is -2.19. The highest BCUT2D eigenvalue weighted by Crippen LogP contribution is 2.37. The van der Waals surface area contributed by atoms with E-state index >= 15 is 0 Å². The smallest absolute Gasteiger partial charge is 0.340 e. The molecule has 36 heavy (non-hydrogen) atoms. The lowest BCUT2D eigenvalue weighted by molar-refractivity contribution is -0.136. The average molecular weight is 523 g/mol. The standard InChI is InChI=1S/C29H28Cl2N2O3/c1-16(2)20-7-10-23(11-8-20)33-19(5)27(29(35)36-6)24(28(33)34)14-21-13-17(3)32(18(21)4)26-12-9-22(30)15-25(26)31/h7-16H,1-6H3/b24-14-. The van der Waals surface area contributed by atoms with Gasteiger partial charge in [-0.2, -0.15) is 0 Å². The minimum atomic E-state index is -0.553. The van der Waals surface area contributed by atoms with Crippen molar-refractivity contribution in [3.63, 3.8) is 0 Å². The van der Waals surface area contributed by atoms with Gasteiger partial charge in [-0.05, 0) is 80.3 Å². The Labute approximate surface area is 221 Å². The molecule has 0 fully saturated rings. The second-order valence-electron chi connectivity index (χ2n) is 9.15. The molecule has 2 heterocycles. The SMILES string of the molecule is COC(=O)C1=C(C)N(c2ccc(C(C)C)cc2)C(=O)/C1=C\c1cc(C)n(-c2ccc(Cl)cc2Cl)c1C. The van der Waals surface area contributed by atoms with E-state index in [-0.39, 0.29) is 17.1 Å². The summed E-state index contributed by atoms with van der Waals surface area (Å²) in [6.45, 7) is 9.90. The minimum absolute atomic E-state index is 0.254. The summed E-state index contributed by atoms with van der Waals surface area (Å²) in [6.07, 6.45) is 1.75. The van der Waals surface area contributed by atoms with E-state index < -0.39 is 5.97 Å². The number of nitrogens with zero attached hydrogens (tertiary/aromatic N) is 2. The number of anilines is 1. The van der Waals surface area contributed by atoms with Gasteiger partial charge in [-0.3, -0.25) is 9.69 Å². The number of rotatable bonds is 5. The van der Waals surface area contributed by atoms with E-state index in [2.05, 4.69) is 13.8 Å². The van der Waals surface area contributed by atoms with Gasteiger partial charge in [0, 0.05) is 27.8 Å². The Kier molecular flexibility index (Phi) is 7.17. The molecule has 4 rings (SSSR count). The van der Waals surface area contributed by atoms with Crippen LogP contribution in [0.1, 0.15) is 49.2 Å². The van der Waals surface area contributed by atoms with Crippen molar-refractivity contribution in [2.24, 2.45) is 0 Å². The second-order valence-corrected chi connectivity index (χ2v) is 10.00. The second kappa shape index (κ2) is 10.00. The normalized spacial score (nSPS) is 15.0. The molecule has 7 heteroatoms. The highest BCUT2D eigenvalue weighted by Gasteiger charge is 2.38. The van der Waals surface area contributed by atoms with Gasteiger partial charge in [0.05, 0.1) is 29.0 Å². The third-order valence-corrected chi connectivity index (χ3v) is 7.07. The first-order valence-electron chi connectivity index (χ1n) is 11.6. The summed E-state index contributed by atoms with van der Waals surface area (Å²) in [4.78, 5) is 28.1. The van der Waals surface area contributed by atoms with E-state index in [0.717, 1.165) is 22.6 Å². The number of allylic oxidation sites excluding steroid dienone is 1. The largest absolute Gasteiger partial charge is 0.465 e. The number of carbonyl (C=O) groups excluding carboxylic acids is 2. The lowest BCUT2D eigenvalue weighted by atomic mass is 10.0. The summed E-state index contributed by atoms with van der Waals surface area (Å²) >= 11 is 12.6. The molecule has 0 unspecified atom stereocenters. The summed E-state index contributed by atoms with van der Waals surface area (Å²) in [5, 5.41) is 1.07. The Hall–Kier alpha value is -3.28. The van der Waals surface area contributed by atoms with Crippen LogP contribution in [0.25, 0.3) is 11.8 Å². The zero-order chi connectivity index (χ0) is 26.3. The van der Waals surface area contributed by atoms with Gasteiger partial charge in [0.25, 0.3) is 5.91 Å². The number of methoxy groups -OCH3 is 1. The Morgan fingerprint density at radius 2 is 1.67 bits per heavy atom. The number of ether oxygens (including phenoxy) is 1. The van der Waals surface area contributed by atoms with Crippen LogP contribution in [0.15, 0.2) is 65.4 Å². The highest BCUT2D eigenvalue weighted by atomic mass is 35.5. The molecule has 0 radical (unpaired) electrons. The quantitative estimate of drug-likeness (QED) is 0.259. The molecule has 0 saturated heterocycles. The number of carbonyl (C=O) groups is 2. The summed E-state index contributed by atoms with van der Waals surface area (Å²) in [5.74, 6) is -0.460.